The molecular weight excluding hydrogens is 152 g/mol. The Morgan fingerprint density at radius 1 is 1.67 bits per heavy atom. The van der Waals surface area contributed by atoms with E-state index < -0.39 is 5.54 Å². The molecule has 0 heterocycles. The van der Waals surface area contributed by atoms with Crippen LogP contribution in [0.3, 0.4) is 0 Å². The normalized spacial score (nSPS) is 21.6. The summed E-state index contributed by atoms with van der Waals surface area (Å²) in [6, 6.07) is 0.414. The Morgan fingerprint density at radius 3 is 2.67 bits per heavy atom. The molecule has 3 nitrogen and oxygen atoms in total. The fourth-order valence-electron chi connectivity index (χ4n) is 1.21. The molecule has 0 saturated heterocycles. The average Bonchev–Trinajstić information content (AvgIpc) is 2.71. The Bertz CT molecular complexity index is 173. The van der Waals surface area contributed by atoms with E-state index in [9.17, 15) is 4.79 Å². The molecule has 0 spiro atoms. The van der Waals surface area contributed by atoms with Gasteiger partial charge in [0, 0.05) is 6.04 Å². The van der Waals surface area contributed by atoms with Crippen molar-refractivity contribution in [1.82, 2.24) is 5.32 Å². The molecule has 0 aliphatic heterocycles. The van der Waals surface area contributed by atoms with E-state index in [4.69, 9.17) is 5.73 Å². The molecular formula is C9H18N2O. The second-order valence-corrected chi connectivity index (χ2v) is 3.92. The SMILES string of the molecule is CCCC(C)(N)C(=O)NC1CC1. The average molecular weight is 170 g/mol. The van der Waals surface area contributed by atoms with Gasteiger partial charge in [0.2, 0.25) is 5.91 Å². The van der Waals surface area contributed by atoms with Crippen LogP contribution in [0, 0.1) is 0 Å². The summed E-state index contributed by atoms with van der Waals surface area (Å²) in [5, 5.41) is 2.92. The van der Waals surface area contributed by atoms with Crippen LogP contribution >= 0.6 is 0 Å². The monoisotopic (exact) mass is 170 g/mol. The van der Waals surface area contributed by atoms with Crippen molar-refractivity contribution in [3.05, 3.63) is 0 Å². The largest absolute Gasteiger partial charge is 0.352 e. The number of carbonyl (C=O) groups excluding carboxylic acids is 1. The van der Waals surface area contributed by atoms with Gasteiger partial charge in [-0.05, 0) is 26.2 Å². The highest BCUT2D eigenvalue weighted by Gasteiger charge is 2.32. The molecule has 1 atom stereocenters. The van der Waals surface area contributed by atoms with Gasteiger partial charge in [-0.2, -0.15) is 0 Å². The zero-order valence-corrected chi connectivity index (χ0v) is 7.89. The van der Waals surface area contributed by atoms with Gasteiger partial charge in [-0.3, -0.25) is 4.79 Å². The first-order valence-electron chi connectivity index (χ1n) is 4.66. The van der Waals surface area contributed by atoms with E-state index in [0.29, 0.717) is 6.04 Å². The fraction of sp³-hybridized carbons (Fsp3) is 0.889. The van der Waals surface area contributed by atoms with Crippen LogP contribution in [0.5, 0.6) is 0 Å². The third kappa shape index (κ3) is 2.48. The summed E-state index contributed by atoms with van der Waals surface area (Å²) in [4.78, 5) is 11.5. The first-order chi connectivity index (χ1) is 5.56. The van der Waals surface area contributed by atoms with Gasteiger partial charge in [-0.25, -0.2) is 0 Å². The van der Waals surface area contributed by atoms with Gasteiger partial charge in [-0.15, -0.1) is 0 Å². The second kappa shape index (κ2) is 3.44. The highest BCUT2D eigenvalue weighted by atomic mass is 16.2. The molecule has 0 aromatic heterocycles. The zero-order valence-electron chi connectivity index (χ0n) is 7.89. The van der Waals surface area contributed by atoms with Crippen LogP contribution < -0.4 is 11.1 Å². The standard InChI is InChI=1S/C9H18N2O/c1-3-6-9(2,10)8(12)11-7-4-5-7/h7H,3-6,10H2,1-2H3,(H,11,12). The molecule has 3 N–H and O–H groups in total. The summed E-state index contributed by atoms with van der Waals surface area (Å²) in [6.45, 7) is 3.84. The Morgan fingerprint density at radius 2 is 2.25 bits per heavy atom. The highest BCUT2D eigenvalue weighted by Crippen LogP contribution is 2.20. The minimum absolute atomic E-state index is 0.00634. The third-order valence-corrected chi connectivity index (χ3v) is 2.20. The quantitative estimate of drug-likeness (QED) is 0.655. The predicted molar refractivity (Wildman–Crippen MR) is 48.7 cm³/mol. The van der Waals surface area contributed by atoms with Crippen molar-refractivity contribution in [1.29, 1.82) is 0 Å². The van der Waals surface area contributed by atoms with Crippen LogP contribution in [-0.2, 0) is 4.79 Å². The van der Waals surface area contributed by atoms with E-state index in [1.165, 1.54) is 0 Å². The maximum Gasteiger partial charge on any atom is 0.240 e. The molecule has 1 aliphatic carbocycles. The smallest absolute Gasteiger partial charge is 0.240 e. The molecule has 12 heavy (non-hydrogen) atoms. The Hall–Kier alpha value is -0.570. The van der Waals surface area contributed by atoms with Gasteiger partial charge in [0.1, 0.15) is 0 Å². The van der Waals surface area contributed by atoms with Crippen molar-refractivity contribution in [3.63, 3.8) is 0 Å². The molecule has 70 valence electrons. The maximum atomic E-state index is 11.5. The summed E-state index contributed by atoms with van der Waals surface area (Å²) in [6.07, 6.45) is 3.94. The summed E-state index contributed by atoms with van der Waals surface area (Å²) in [5.41, 5.74) is 5.17. The summed E-state index contributed by atoms with van der Waals surface area (Å²) >= 11 is 0. The molecule has 0 aromatic carbocycles. The number of hydrogen-bond donors (Lipinski definition) is 2. The Labute approximate surface area is 73.7 Å². The molecule has 0 bridgehead atoms. The molecule has 1 amide bonds. The molecule has 1 unspecified atom stereocenters. The van der Waals surface area contributed by atoms with Gasteiger partial charge in [0.05, 0.1) is 5.54 Å². The lowest BCUT2D eigenvalue weighted by Gasteiger charge is -2.22. The lowest BCUT2D eigenvalue weighted by atomic mass is 9.96. The zero-order chi connectivity index (χ0) is 9.19. The first kappa shape index (κ1) is 9.52. The maximum absolute atomic E-state index is 11.5. The number of nitrogens with one attached hydrogen (secondary N) is 1. The number of carbonyl (C=O) groups is 1. The molecule has 0 aromatic rings. The second-order valence-electron chi connectivity index (χ2n) is 3.92. The lowest BCUT2D eigenvalue weighted by Crippen LogP contribution is -2.52. The molecule has 1 saturated carbocycles. The van der Waals surface area contributed by atoms with Gasteiger partial charge in [0.15, 0.2) is 0 Å². The van der Waals surface area contributed by atoms with Gasteiger partial charge >= 0.3 is 0 Å². The van der Waals surface area contributed by atoms with E-state index in [1.807, 2.05) is 6.92 Å². The van der Waals surface area contributed by atoms with Crippen LogP contribution in [0.15, 0.2) is 0 Å². The van der Waals surface area contributed by atoms with Crippen LogP contribution in [0.4, 0.5) is 0 Å². The molecule has 1 fully saturated rings. The summed E-state index contributed by atoms with van der Waals surface area (Å²) < 4.78 is 0. The predicted octanol–water partition coefficient (Wildman–Crippen LogP) is 0.782. The summed E-state index contributed by atoms with van der Waals surface area (Å²) in [5.74, 6) is 0.00634. The fourth-order valence-corrected chi connectivity index (χ4v) is 1.21. The minimum atomic E-state index is -0.669. The van der Waals surface area contributed by atoms with Crippen LogP contribution in [-0.4, -0.2) is 17.5 Å². The third-order valence-electron chi connectivity index (χ3n) is 2.20. The van der Waals surface area contributed by atoms with Crippen molar-refractivity contribution in [3.8, 4) is 0 Å². The summed E-state index contributed by atoms with van der Waals surface area (Å²) in [7, 11) is 0. The number of nitrogens with two attached hydrogens (primary N) is 1. The number of amides is 1. The molecule has 1 rings (SSSR count). The highest BCUT2D eigenvalue weighted by molar-refractivity contribution is 5.86. The van der Waals surface area contributed by atoms with Crippen LogP contribution in [0.2, 0.25) is 0 Å². The first-order valence-corrected chi connectivity index (χ1v) is 4.66. The number of hydrogen-bond acceptors (Lipinski definition) is 2. The Balaban J connectivity index is 2.36. The lowest BCUT2D eigenvalue weighted by molar-refractivity contribution is -0.126. The van der Waals surface area contributed by atoms with E-state index in [0.717, 1.165) is 25.7 Å². The van der Waals surface area contributed by atoms with E-state index >= 15 is 0 Å². The molecule has 0 radical (unpaired) electrons. The van der Waals surface area contributed by atoms with Gasteiger partial charge in [-0.1, -0.05) is 13.3 Å². The van der Waals surface area contributed by atoms with Crippen LogP contribution in [0.25, 0.3) is 0 Å². The topological polar surface area (TPSA) is 55.1 Å². The molecule has 3 heteroatoms. The van der Waals surface area contributed by atoms with Crippen molar-refractivity contribution < 1.29 is 4.79 Å². The van der Waals surface area contributed by atoms with Crippen molar-refractivity contribution in [2.24, 2.45) is 5.73 Å². The number of rotatable bonds is 4. The van der Waals surface area contributed by atoms with E-state index in [2.05, 4.69) is 5.32 Å². The Kier molecular flexibility index (Phi) is 2.73. The minimum Gasteiger partial charge on any atom is -0.352 e. The van der Waals surface area contributed by atoms with Crippen LogP contribution in [0.1, 0.15) is 39.5 Å². The molecule has 1 aliphatic rings. The van der Waals surface area contributed by atoms with Crippen molar-refractivity contribution in [2.75, 3.05) is 0 Å². The van der Waals surface area contributed by atoms with Gasteiger partial charge in [0.25, 0.3) is 0 Å². The van der Waals surface area contributed by atoms with Crippen molar-refractivity contribution >= 4 is 5.91 Å². The van der Waals surface area contributed by atoms with Gasteiger partial charge < -0.3 is 11.1 Å². The van der Waals surface area contributed by atoms with E-state index in [-0.39, 0.29) is 5.91 Å². The van der Waals surface area contributed by atoms with Crippen molar-refractivity contribution in [2.45, 2.75) is 51.1 Å². The van der Waals surface area contributed by atoms with E-state index in [1.54, 1.807) is 6.92 Å².